The van der Waals surface area contributed by atoms with Crippen molar-refractivity contribution in [3.05, 3.63) is 28.5 Å². The van der Waals surface area contributed by atoms with Crippen LogP contribution in [0, 0.1) is 6.92 Å². The molecule has 0 aliphatic carbocycles. The van der Waals surface area contributed by atoms with E-state index >= 15 is 0 Å². The second-order valence-corrected chi connectivity index (χ2v) is 7.61. The summed E-state index contributed by atoms with van der Waals surface area (Å²) >= 11 is 0.985. The Morgan fingerprint density at radius 1 is 1.31 bits per heavy atom. The first-order valence-electron chi connectivity index (χ1n) is 8.46. The highest BCUT2D eigenvalue weighted by Crippen LogP contribution is 2.32. The number of thiazole rings is 1. The molecular formula is C16H18F3N5OS. The lowest BCUT2D eigenvalue weighted by molar-refractivity contribution is -0.142. The van der Waals surface area contributed by atoms with Crippen LogP contribution < -0.4 is 5.32 Å². The largest absolute Gasteiger partial charge is 0.433 e. The summed E-state index contributed by atoms with van der Waals surface area (Å²) in [5, 5.41) is 8.93. The van der Waals surface area contributed by atoms with Gasteiger partial charge in [0.2, 0.25) is 5.13 Å². The molecular weight excluding hydrogens is 367 g/mol. The number of fused-ring (bicyclic) bond motifs is 2. The average Bonchev–Trinajstić information content (AvgIpc) is 3.24. The molecule has 2 bridgehead atoms. The molecule has 1 N–H and O–H groups in total. The number of aromatic nitrogens is 3. The van der Waals surface area contributed by atoms with E-state index in [4.69, 9.17) is 0 Å². The summed E-state index contributed by atoms with van der Waals surface area (Å²) in [6, 6.07) is 1.71. The second kappa shape index (κ2) is 6.34. The average molecular weight is 385 g/mol. The van der Waals surface area contributed by atoms with E-state index in [0.29, 0.717) is 19.1 Å². The van der Waals surface area contributed by atoms with Crippen LogP contribution in [-0.4, -0.2) is 50.7 Å². The van der Waals surface area contributed by atoms with Crippen molar-refractivity contribution in [1.82, 2.24) is 25.0 Å². The highest BCUT2D eigenvalue weighted by molar-refractivity contribution is 7.12. The zero-order valence-electron chi connectivity index (χ0n) is 14.1. The molecule has 0 saturated carbocycles. The van der Waals surface area contributed by atoms with Crippen molar-refractivity contribution in [3.63, 3.8) is 0 Å². The van der Waals surface area contributed by atoms with Crippen LogP contribution in [0.1, 0.15) is 41.1 Å². The Morgan fingerprint density at radius 3 is 2.85 bits per heavy atom. The molecule has 4 heterocycles. The molecule has 0 aromatic carbocycles. The van der Waals surface area contributed by atoms with Crippen LogP contribution in [0.25, 0.3) is 5.13 Å². The van der Waals surface area contributed by atoms with Gasteiger partial charge in [0, 0.05) is 30.6 Å². The van der Waals surface area contributed by atoms with Crippen LogP contribution in [-0.2, 0) is 6.18 Å². The lowest BCUT2D eigenvalue weighted by Gasteiger charge is -2.23. The van der Waals surface area contributed by atoms with Crippen molar-refractivity contribution in [2.24, 2.45) is 0 Å². The van der Waals surface area contributed by atoms with Gasteiger partial charge in [-0.15, -0.1) is 11.3 Å². The summed E-state index contributed by atoms with van der Waals surface area (Å²) in [6.07, 6.45) is -1.48. The fourth-order valence-electron chi connectivity index (χ4n) is 3.60. The normalized spacial score (nSPS) is 23.3. The van der Waals surface area contributed by atoms with Gasteiger partial charge in [0.15, 0.2) is 5.69 Å². The van der Waals surface area contributed by atoms with Crippen molar-refractivity contribution < 1.29 is 18.0 Å². The molecule has 2 aliphatic rings. The number of hydrogen-bond donors (Lipinski definition) is 1. The Labute approximate surface area is 152 Å². The van der Waals surface area contributed by atoms with E-state index in [-0.39, 0.29) is 28.5 Å². The Balaban J connectivity index is 1.58. The highest BCUT2D eigenvalue weighted by Gasteiger charge is 2.37. The molecule has 2 aliphatic heterocycles. The lowest BCUT2D eigenvalue weighted by Crippen LogP contribution is -2.39. The third kappa shape index (κ3) is 3.23. The third-order valence-electron chi connectivity index (χ3n) is 4.82. The van der Waals surface area contributed by atoms with Gasteiger partial charge in [-0.25, -0.2) is 9.67 Å². The first-order valence-corrected chi connectivity index (χ1v) is 9.34. The van der Waals surface area contributed by atoms with Gasteiger partial charge in [0.05, 0.1) is 5.69 Å². The number of alkyl halides is 3. The molecule has 2 saturated heterocycles. The number of aryl methyl sites for hydroxylation is 1. The number of nitrogens with one attached hydrogen (secondary N) is 1. The number of nitrogens with zero attached hydrogens (tertiary/aromatic N) is 4. The maximum Gasteiger partial charge on any atom is 0.433 e. The Morgan fingerprint density at radius 2 is 2.08 bits per heavy atom. The van der Waals surface area contributed by atoms with Crippen LogP contribution >= 0.6 is 11.3 Å². The summed E-state index contributed by atoms with van der Waals surface area (Å²) in [5.41, 5.74) is -0.473. The molecule has 6 nitrogen and oxygen atoms in total. The van der Waals surface area contributed by atoms with Gasteiger partial charge >= 0.3 is 6.18 Å². The summed E-state index contributed by atoms with van der Waals surface area (Å²) in [5.74, 6) is -0.237. The van der Waals surface area contributed by atoms with Crippen molar-refractivity contribution >= 4 is 17.2 Å². The standard InChI is InChI=1S/C16H18F3N5OS/c1-9-6-13(16(17,18)19)24(22-9)15-21-12(8-26-15)14(25)23-5-4-10-2-3-11(7-23)20-10/h6,8,10-11,20H,2-5,7H2,1H3/t10-,11+/m1/s1. The summed E-state index contributed by atoms with van der Waals surface area (Å²) in [7, 11) is 0. The Hall–Kier alpha value is -1.94. The quantitative estimate of drug-likeness (QED) is 0.863. The molecule has 0 spiro atoms. The summed E-state index contributed by atoms with van der Waals surface area (Å²) in [6.45, 7) is 2.73. The van der Waals surface area contributed by atoms with E-state index in [0.717, 1.165) is 41.3 Å². The van der Waals surface area contributed by atoms with E-state index in [9.17, 15) is 18.0 Å². The van der Waals surface area contributed by atoms with E-state index in [1.54, 1.807) is 4.90 Å². The molecule has 2 aromatic heterocycles. The van der Waals surface area contributed by atoms with Crippen LogP contribution in [0.15, 0.2) is 11.4 Å². The van der Waals surface area contributed by atoms with Crippen molar-refractivity contribution in [3.8, 4) is 5.13 Å². The number of hydrogen-bond acceptors (Lipinski definition) is 5. The molecule has 2 fully saturated rings. The molecule has 1 amide bonds. The monoisotopic (exact) mass is 385 g/mol. The van der Waals surface area contributed by atoms with E-state index < -0.39 is 11.9 Å². The lowest BCUT2D eigenvalue weighted by atomic mass is 10.1. The van der Waals surface area contributed by atoms with E-state index in [1.165, 1.54) is 12.3 Å². The predicted octanol–water partition coefficient (Wildman–Crippen LogP) is 2.62. The van der Waals surface area contributed by atoms with Crippen molar-refractivity contribution in [1.29, 1.82) is 0 Å². The van der Waals surface area contributed by atoms with Crippen LogP contribution in [0.5, 0.6) is 0 Å². The number of amides is 1. The molecule has 26 heavy (non-hydrogen) atoms. The Bertz CT molecular complexity index is 830. The maximum atomic E-state index is 13.2. The summed E-state index contributed by atoms with van der Waals surface area (Å²) in [4.78, 5) is 18.6. The van der Waals surface area contributed by atoms with Crippen LogP contribution in [0.2, 0.25) is 0 Å². The van der Waals surface area contributed by atoms with Gasteiger partial charge in [-0.3, -0.25) is 4.79 Å². The van der Waals surface area contributed by atoms with Gasteiger partial charge in [-0.1, -0.05) is 0 Å². The first-order chi connectivity index (χ1) is 12.3. The van der Waals surface area contributed by atoms with Gasteiger partial charge in [0.1, 0.15) is 5.69 Å². The molecule has 0 unspecified atom stereocenters. The van der Waals surface area contributed by atoms with Gasteiger partial charge in [-0.2, -0.15) is 18.3 Å². The van der Waals surface area contributed by atoms with Crippen LogP contribution in [0.3, 0.4) is 0 Å². The number of rotatable bonds is 2. The SMILES string of the molecule is Cc1cc(C(F)(F)F)n(-c2nc(C(=O)N3CC[C@H]4CC[C@@H](C3)N4)cs2)n1. The van der Waals surface area contributed by atoms with Gasteiger partial charge in [0.25, 0.3) is 5.91 Å². The number of halogens is 3. The molecule has 4 rings (SSSR count). The van der Waals surface area contributed by atoms with E-state index in [1.807, 2.05) is 0 Å². The van der Waals surface area contributed by atoms with Gasteiger partial charge in [-0.05, 0) is 32.3 Å². The molecule has 2 atom stereocenters. The molecule has 140 valence electrons. The van der Waals surface area contributed by atoms with Crippen LogP contribution in [0.4, 0.5) is 13.2 Å². The van der Waals surface area contributed by atoms with Crippen molar-refractivity contribution in [2.75, 3.05) is 13.1 Å². The fourth-order valence-corrected chi connectivity index (χ4v) is 4.36. The zero-order valence-corrected chi connectivity index (χ0v) is 14.9. The molecule has 2 aromatic rings. The minimum Gasteiger partial charge on any atom is -0.336 e. The Kier molecular flexibility index (Phi) is 4.26. The maximum absolute atomic E-state index is 13.2. The topological polar surface area (TPSA) is 63.1 Å². The number of carbonyl (C=O) groups is 1. The van der Waals surface area contributed by atoms with Crippen molar-refractivity contribution in [2.45, 2.75) is 44.4 Å². The molecule has 0 radical (unpaired) electrons. The number of likely N-dealkylation sites (tertiary alicyclic amines) is 1. The summed E-state index contributed by atoms with van der Waals surface area (Å²) < 4.78 is 40.3. The number of carbonyl (C=O) groups excluding carboxylic acids is 1. The third-order valence-corrected chi connectivity index (χ3v) is 5.64. The smallest absolute Gasteiger partial charge is 0.336 e. The first kappa shape index (κ1) is 17.5. The minimum absolute atomic E-state index is 0.0447. The van der Waals surface area contributed by atoms with Gasteiger partial charge < -0.3 is 10.2 Å². The van der Waals surface area contributed by atoms with E-state index in [2.05, 4.69) is 15.4 Å². The molecule has 10 heteroatoms. The fraction of sp³-hybridized carbons (Fsp3) is 0.562. The minimum atomic E-state index is -4.53. The second-order valence-electron chi connectivity index (χ2n) is 6.77. The highest BCUT2D eigenvalue weighted by atomic mass is 32.1. The predicted molar refractivity (Wildman–Crippen MR) is 89.4 cm³/mol. The zero-order chi connectivity index (χ0) is 18.5.